The van der Waals surface area contributed by atoms with Gasteiger partial charge in [-0.25, -0.2) is 9.65 Å². The molecule has 10 nitrogen and oxygen atoms in total. The summed E-state index contributed by atoms with van der Waals surface area (Å²) in [6.07, 6.45) is 27.3. The molecular formula is C39H80N2O8P+. The van der Waals surface area contributed by atoms with Crippen molar-refractivity contribution < 1.29 is 42.3 Å². The summed E-state index contributed by atoms with van der Waals surface area (Å²) in [6.45, 7) is 4.55. The molecule has 0 radical (unpaired) electrons. The normalized spacial score (nSPS) is 13.6. The molecular weight excluding hydrogens is 655 g/mol. The van der Waals surface area contributed by atoms with Crippen LogP contribution in [0, 0.1) is 0 Å². The molecule has 298 valence electrons. The number of aliphatic hydroxyl groups excluding tert-OH is 1. The molecule has 0 spiro atoms. The van der Waals surface area contributed by atoms with Crippen molar-refractivity contribution in [3.63, 3.8) is 0 Å². The Morgan fingerprint density at radius 3 is 1.46 bits per heavy atom. The Labute approximate surface area is 307 Å². The fourth-order valence-corrected chi connectivity index (χ4v) is 6.91. The molecule has 0 aliphatic heterocycles. The molecule has 0 bridgehead atoms. The molecule has 2 atom stereocenters. The molecule has 0 amide bonds. The van der Waals surface area contributed by atoms with Gasteiger partial charge < -0.3 is 19.1 Å². The predicted molar refractivity (Wildman–Crippen MR) is 205 cm³/mol. The maximum atomic E-state index is 13.4. The van der Waals surface area contributed by atoms with Crippen molar-refractivity contribution in [1.82, 2.24) is 5.09 Å². The molecule has 0 heterocycles. The summed E-state index contributed by atoms with van der Waals surface area (Å²) in [5.41, 5.74) is 0. The molecule has 50 heavy (non-hydrogen) atoms. The molecule has 0 rings (SSSR count). The Morgan fingerprint density at radius 1 is 0.620 bits per heavy atom. The summed E-state index contributed by atoms with van der Waals surface area (Å²) >= 11 is 0. The van der Waals surface area contributed by atoms with E-state index in [1.54, 1.807) is 0 Å². The van der Waals surface area contributed by atoms with Crippen molar-refractivity contribution in [3.8, 4) is 0 Å². The van der Waals surface area contributed by atoms with Gasteiger partial charge in [-0.1, -0.05) is 149 Å². The average molecular weight is 736 g/mol. The van der Waals surface area contributed by atoms with E-state index >= 15 is 0 Å². The summed E-state index contributed by atoms with van der Waals surface area (Å²) in [7, 11) is 2.17. The molecule has 0 aromatic heterocycles. The topological polar surface area (TPSA) is 120 Å². The van der Waals surface area contributed by atoms with Crippen LogP contribution < -0.4 is 5.09 Å². The first-order valence-corrected chi connectivity index (χ1v) is 22.0. The monoisotopic (exact) mass is 736 g/mol. The lowest BCUT2D eigenvalue weighted by molar-refractivity contribution is -0.870. The number of unbranched alkanes of at least 4 members (excludes halogenated alkanes) is 21. The zero-order valence-electron chi connectivity index (χ0n) is 33.2. The van der Waals surface area contributed by atoms with Gasteiger partial charge >= 0.3 is 19.7 Å². The van der Waals surface area contributed by atoms with E-state index in [0.29, 0.717) is 17.4 Å². The number of hydrogen-bond acceptors (Lipinski definition) is 8. The van der Waals surface area contributed by atoms with Crippen LogP contribution in [0.2, 0.25) is 0 Å². The molecule has 0 aliphatic rings. The zero-order chi connectivity index (χ0) is 37.2. The van der Waals surface area contributed by atoms with Gasteiger partial charge in [0.25, 0.3) is 0 Å². The third-order valence-corrected chi connectivity index (χ3v) is 10.4. The number of nitrogens with one attached hydrogen (secondary N) is 1. The lowest BCUT2D eigenvalue weighted by Gasteiger charge is -2.26. The van der Waals surface area contributed by atoms with Crippen LogP contribution in [0.3, 0.4) is 0 Å². The highest BCUT2D eigenvalue weighted by Gasteiger charge is 2.28. The number of quaternary nitrogens is 1. The summed E-state index contributed by atoms with van der Waals surface area (Å²) in [4.78, 5) is 25.3. The number of hydrogen-bond donors (Lipinski definition) is 2. The van der Waals surface area contributed by atoms with Gasteiger partial charge in [-0.2, -0.15) is 0 Å². The first kappa shape index (κ1) is 49.0. The van der Waals surface area contributed by atoms with Crippen LogP contribution >= 0.6 is 7.75 Å². The van der Waals surface area contributed by atoms with Gasteiger partial charge in [0.05, 0.1) is 34.4 Å². The van der Waals surface area contributed by atoms with Crippen LogP contribution in [-0.2, 0) is 32.7 Å². The van der Waals surface area contributed by atoms with E-state index in [1.807, 2.05) is 21.1 Å². The molecule has 2 unspecified atom stereocenters. The summed E-state index contributed by atoms with van der Waals surface area (Å²) in [6, 6.07) is 0. The average Bonchev–Trinajstić information content (AvgIpc) is 3.07. The molecule has 0 fully saturated rings. The van der Waals surface area contributed by atoms with Crippen LogP contribution in [0.1, 0.15) is 174 Å². The standard InChI is InChI=1S/C39H80N2O8P/c1-6-8-10-12-14-16-18-20-22-24-26-28-30-39(44)49-37(36-48-50(45,40-31-33-42)47-34-32-41(3,4)5)35-46-38(43)29-27-25-23-21-19-17-15-13-11-9-7-2/h37,42H,6-36H2,1-5H3,(H,40,45)/q+1. The van der Waals surface area contributed by atoms with Crippen LogP contribution in [0.5, 0.6) is 0 Å². The summed E-state index contributed by atoms with van der Waals surface area (Å²) < 4.78 is 36.4. The van der Waals surface area contributed by atoms with Crippen LogP contribution in [0.15, 0.2) is 0 Å². The SMILES string of the molecule is CCCCCCCCCCCCCCC(=O)OC(COC(=O)CCCCCCCCCCCCC)COP(=O)(NCCO)OCC[N+](C)(C)C. The van der Waals surface area contributed by atoms with Gasteiger partial charge in [-0.05, 0) is 12.8 Å². The lowest BCUT2D eigenvalue weighted by Crippen LogP contribution is -2.38. The van der Waals surface area contributed by atoms with E-state index in [-0.39, 0.29) is 45.4 Å². The number of aliphatic hydroxyl groups is 1. The molecule has 0 saturated carbocycles. The van der Waals surface area contributed by atoms with Crippen molar-refractivity contribution in [2.75, 3.05) is 60.7 Å². The van der Waals surface area contributed by atoms with Gasteiger partial charge in [0.1, 0.15) is 19.8 Å². The van der Waals surface area contributed by atoms with Gasteiger partial charge in [0.15, 0.2) is 6.10 Å². The van der Waals surface area contributed by atoms with Gasteiger partial charge in [0.2, 0.25) is 0 Å². The zero-order valence-corrected chi connectivity index (χ0v) is 34.1. The minimum absolute atomic E-state index is 0.0129. The third kappa shape index (κ3) is 34.1. The van der Waals surface area contributed by atoms with Gasteiger partial charge in [-0.15, -0.1) is 0 Å². The lowest BCUT2D eigenvalue weighted by atomic mass is 10.0. The first-order valence-electron chi connectivity index (χ1n) is 20.5. The van der Waals surface area contributed by atoms with Crippen LogP contribution in [-0.4, -0.2) is 88.3 Å². The summed E-state index contributed by atoms with van der Waals surface area (Å²) in [5, 5.41) is 11.9. The molecule has 0 aromatic rings. The minimum atomic E-state index is -3.81. The van der Waals surface area contributed by atoms with E-state index in [1.165, 1.54) is 109 Å². The van der Waals surface area contributed by atoms with E-state index in [4.69, 9.17) is 18.5 Å². The van der Waals surface area contributed by atoms with E-state index < -0.39 is 19.8 Å². The van der Waals surface area contributed by atoms with Crippen LogP contribution in [0.4, 0.5) is 0 Å². The Balaban J connectivity index is 4.71. The number of rotatable bonds is 38. The fraction of sp³-hybridized carbons (Fsp3) is 0.949. The van der Waals surface area contributed by atoms with E-state index in [2.05, 4.69) is 18.9 Å². The van der Waals surface area contributed by atoms with Crippen molar-refractivity contribution in [2.24, 2.45) is 0 Å². The van der Waals surface area contributed by atoms with Gasteiger partial charge in [0, 0.05) is 19.4 Å². The van der Waals surface area contributed by atoms with Crippen molar-refractivity contribution in [3.05, 3.63) is 0 Å². The molecule has 0 saturated heterocycles. The number of nitrogens with zero attached hydrogens (tertiary/aromatic N) is 1. The first-order chi connectivity index (χ1) is 24.0. The number of esters is 2. The second kappa shape index (κ2) is 33.8. The number of carbonyl (C=O) groups excluding carboxylic acids is 2. The molecule has 11 heteroatoms. The highest BCUT2D eigenvalue weighted by molar-refractivity contribution is 7.51. The Bertz CT molecular complexity index is 839. The molecule has 0 aromatic carbocycles. The highest BCUT2D eigenvalue weighted by Crippen LogP contribution is 2.43. The Hall–Kier alpha value is -1.03. The van der Waals surface area contributed by atoms with Crippen molar-refractivity contribution in [1.29, 1.82) is 0 Å². The fourth-order valence-electron chi connectivity index (χ4n) is 5.59. The minimum Gasteiger partial charge on any atom is -0.462 e. The van der Waals surface area contributed by atoms with E-state index in [0.717, 1.165) is 38.5 Å². The van der Waals surface area contributed by atoms with Crippen LogP contribution in [0.25, 0.3) is 0 Å². The maximum absolute atomic E-state index is 13.4. The van der Waals surface area contributed by atoms with Gasteiger partial charge in [-0.3, -0.25) is 18.6 Å². The third-order valence-electron chi connectivity index (χ3n) is 8.82. The summed E-state index contributed by atoms with van der Waals surface area (Å²) in [5.74, 6) is -0.736. The molecule has 2 N–H and O–H groups in total. The second-order valence-electron chi connectivity index (χ2n) is 15.0. The molecule has 0 aliphatic carbocycles. The highest BCUT2D eigenvalue weighted by atomic mass is 31.2. The number of likely N-dealkylation sites (N-methyl/N-ethyl adjacent to an activating group) is 1. The quantitative estimate of drug-likeness (QED) is 0.0276. The van der Waals surface area contributed by atoms with Crippen molar-refractivity contribution >= 4 is 19.7 Å². The smallest absolute Gasteiger partial charge is 0.405 e. The maximum Gasteiger partial charge on any atom is 0.405 e. The van der Waals surface area contributed by atoms with E-state index in [9.17, 15) is 19.3 Å². The number of carbonyl (C=O) groups is 2. The predicted octanol–water partition coefficient (Wildman–Crippen LogP) is 9.66. The largest absolute Gasteiger partial charge is 0.462 e. The number of ether oxygens (including phenoxy) is 2. The Kier molecular flexibility index (Phi) is 33.1. The Morgan fingerprint density at radius 2 is 1.04 bits per heavy atom. The van der Waals surface area contributed by atoms with Crippen molar-refractivity contribution in [2.45, 2.75) is 180 Å². The second-order valence-corrected chi connectivity index (χ2v) is 16.8.